The number of likely N-dealkylation sites (tertiary alicyclic amines) is 1. The third-order valence-electron chi connectivity index (χ3n) is 3.43. The van der Waals surface area contributed by atoms with Crippen molar-refractivity contribution in [2.75, 3.05) is 26.2 Å². The van der Waals surface area contributed by atoms with E-state index in [0.717, 1.165) is 18.7 Å². The number of amides is 1. The van der Waals surface area contributed by atoms with Crippen molar-refractivity contribution in [1.29, 1.82) is 0 Å². The molecule has 0 spiro atoms. The molecule has 2 rings (SSSR count). The monoisotopic (exact) mass is 278 g/mol. The van der Waals surface area contributed by atoms with Gasteiger partial charge in [-0.1, -0.05) is 30.3 Å². The first-order chi connectivity index (χ1) is 9.78. The summed E-state index contributed by atoms with van der Waals surface area (Å²) in [6.45, 7) is 2.93. The minimum Gasteiger partial charge on any atom is -0.445 e. The Morgan fingerprint density at radius 3 is 2.65 bits per heavy atom. The van der Waals surface area contributed by atoms with Crippen LogP contribution in [0.4, 0.5) is 4.79 Å². The second-order valence-electron chi connectivity index (χ2n) is 5.09. The molecule has 0 bridgehead atoms. The second-order valence-corrected chi connectivity index (χ2v) is 5.09. The number of ether oxygens (including phenoxy) is 1. The highest BCUT2D eigenvalue weighted by molar-refractivity contribution is 5.67. The number of alkyl carbamates (subject to hydrolysis) is 1. The van der Waals surface area contributed by atoms with Gasteiger partial charge in [-0.3, -0.25) is 0 Å². The Kier molecular flexibility index (Phi) is 5.83. The number of hydrogen-bond donors (Lipinski definition) is 2. The minimum absolute atomic E-state index is 0.0725. The minimum atomic E-state index is -0.480. The topological polar surface area (TPSA) is 61.8 Å². The summed E-state index contributed by atoms with van der Waals surface area (Å²) in [5, 5.41) is 12.0. The summed E-state index contributed by atoms with van der Waals surface area (Å²) in [7, 11) is 0. The molecule has 1 amide bonds. The number of carbonyl (C=O) groups is 1. The highest BCUT2D eigenvalue weighted by atomic mass is 16.5. The Bertz CT molecular complexity index is 405. The van der Waals surface area contributed by atoms with Gasteiger partial charge >= 0.3 is 6.09 Å². The lowest BCUT2D eigenvalue weighted by Crippen LogP contribution is -2.45. The number of nitrogens with one attached hydrogen (secondary N) is 1. The van der Waals surface area contributed by atoms with Crippen molar-refractivity contribution in [3.05, 3.63) is 35.9 Å². The van der Waals surface area contributed by atoms with Gasteiger partial charge in [-0.15, -0.1) is 0 Å². The molecule has 1 aliphatic rings. The first-order valence-electron chi connectivity index (χ1n) is 7.08. The van der Waals surface area contributed by atoms with E-state index in [-0.39, 0.29) is 19.3 Å². The summed E-state index contributed by atoms with van der Waals surface area (Å²) in [6.07, 6.45) is 1.90. The van der Waals surface area contributed by atoms with Crippen LogP contribution in [0, 0.1) is 0 Å². The van der Waals surface area contributed by atoms with Crippen molar-refractivity contribution < 1.29 is 14.6 Å². The lowest BCUT2D eigenvalue weighted by Gasteiger charge is -2.22. The van der Waals surface area contributed by atoms with Crippen molar-refractivity contribution in [3.8, 4) is 0 Å². The highest BCUT2D eigenvalue weighted by Crippen LogP contribution is 2.07. The quantitative estimate of drug-likeness (QED) is 0.825. The average molecular weight is 278 g/mol. The SMILES string of the molecule is O=C(NC(CO)CN1CCCC1)OCc1ccccc1. The Hall–Kier alpha value is -1.59. The fourth-order valence-electron chi connectivity index (χ4n) is 2.36. The molecule has 20 heavy (non-hydrogen) atoms. The van der Waals surface area contributed by atoms with Crippen molar-refractivity contribution in [3.63, 3.8) is 0 Å². The molecule has 0 aliphatic carbocycles. The number of aliphatic hydroxyl groups is 1. The number of nitrogens with zero attached hydrogens (tertiary/aromatic N) is 1. The fourth-order valence-corrected chi connectivity index (χ4v) is 2.36. The molecule has 2 N–H and O–H groups in total. The molecule has 1 saturated heterocycles. The molecule has 1 unspecified atom stereocenters. The summed E-state index contributed by atoms with van der Waals surface area (Å²) < 4.78 is 5.15. The van der Waals surface area contributed by atoms with E-state index in [2.05, 4.69) is 10.2 Å². The highest BCUT2D eigenvalue weighted by Gasteiger charge is 2.19. The van der Waals surface area contributed by atoms with Crippen LogP contribution < -0.4 is 5.32 Å². The van der Waals surface area contributed by atoms with Gasteiger partial charge in [-0.25, -0.2) is 4.79 Å². The molecule has 110 valence electrons. The first kappa shape index (κ1) is 14.8. The molecule has 1 aromatic carbocycles. The molecule has 5 nitrogen and oxygen atoms in total. The van der Waals surface area contributed by atoms with Crippen LogP contribution in [-0.4, -0.2) is 48.4 Å². The van der Waals surface area contributed by atoms with Crippen LogP contribution in [0.1, 0.15) is 18.4 Å². The van der Waals surface area contributed by atoms with Crippen LogP contribution in [0.5, 0.6) is 0 Å². The number of aliphatic hydroxyl groups excluding tert-OH is 1. The third-order valence-corrected chi connectivity index (χ3v) is 3.43. The number of benzene rings is 1. The summed E-state index contributed by atoms with van der Waals surface area (Å²) in [5.74, 6) is 0. The van der Waals surface area contributed by atoms with Gasteiger partial charge in [0, 0.05) is 6.54 Å². The molecule has 1 heterocycles. The summed E-state index contributed by atoms with van der Waals surface area (Å²) in [5.41, 5.74) is 0.947. The maximum Gasteiger partial charge on any atom is 0.407 e. The Labute approximate surface area is 119 Å². The van der Waals surface area contributed by atoms with Crippen LogP contribution in [0.25, 0.3) is 0 Å². The summed E-state index contributed by atoms with van der Waals surface area (Å²) >= 11 is 0. The molecule has 0 saturated carbocycles. The number of carbonyl (C=O) groups excluding carboxylic acids is 1. The Morgan fingerprint density at radius 1 is 1.30 bits per heavy atom. The summed E-state index contributed by atoms with van der Waals surface area (Å²) in [6, 6.07) is 9.26. The van der Waals surface area contributed by atoms with Gasteiger partial charge < -0.3 is 20.1 Å². The normalized spacial score (nSPS) is 16.9. The lowest BCUT2D eigenvalue weighted by molar-refractivity contribution is 0.123. The maximum absolute atomic E-state index is 11.7. The van der Waals surface area contributed by atoms with Crippen molar-refractivity contribution in [2.45, 2.75) is 25.5 Å². The Balaban J connectivity index is 1.71. The van der Waals surface area contributed by atoms with Gasteiger partial charge in [0.15, 0.2) is 0 Å². The molecule has 1 aromatic rings. The molecular formula is C15H22N2O3. The van der Waals surface area contributed by atoms with Crippen LogP contribution in [0.15, 0.2) is 30.3 Å². The first-order valence-corrected chi connectivity index (χ1v) is 7.08. The molecule has 0 radical (unpaired) electrons. The fraction of sp³-hybridized carbons (Fsp3) is 0.533. The van der Waals surface area contributed by atoms with E-state index >= 15 is 0 Å². The lowest BCUT2D eigenvalue weighted by atomic mass is 10.2. The second kappa shape index (κ2) is 7.87. The van der Waals surface area contributed by atoms with Crippen molar-refractivity contribution in [1.82, 2.24) is 10.2 Å². The van der Waals surface area contributed by atoms with E-state index in [0.29, 0.717) is 6.54 Å². The van der Waals surface area contributed by atoms with Crippen molar-refractivity contribution in [2.24, 2.45) is 0 Å². The van der Waals surface area contributed by atoms with E-state index in [1.165, 1.54) is 12.8 Å². The van der Waals surface area contributed by atoms with Gasteiger partial charge in [0.25, 0.3) is 0 Å². The number of hydrogen-bond acceptors (Lipinski definition) is 4. The molecule has 1 atom stereocenters. The van der Waals surface area contributed by atoms with Gasteiger partial charge in [0.2, 0.25) is 0 Å². The zero-order valence-electron chi connectivity index (χ0n) is 11.6. The van der Waals surface area contributed by atoms with Gasteiger partial charge in [0.1, 0.15) is 6.61 Å². The standard InChI is InChI=1S/C15H22N2O3/c18-11-14(10-17-8-4-5-9-17)16-15(19)20-12-13-6-2-1-3-7-13/h1-3,6-7,14,18H,4-5,8-12H2,(H,16,19). The number of rotatable bonds is 6. The zero-order valence-corrected chi connectivity index (χ0v) is 11.6. The largest absolute Gasteiger partial charge is 0.445 e. The van der Waals surface area contributed by atoms with E-state index in [1.807, 2.05) is 30.3 Å². The van der Waals surface area contributed by atoms with Gasteiger partial charge in [-0.2, -0.15) is 0 Å². The van der Waals surface area contributed by atoms with E-state index in [1.54, 1.807) is 0 Å². The van der Waals surface area contributed by atoms with E-state index < -0.39 is 6.09 Å². The van der Waals surface area contributed by atoms with Crippen LogP contribution in [0.3, 0.4) is 0 Å². The smallest absolute Gasteiger partial charge is 0.407 e. The van der Waals surface area contributed by atoms with E-state index in [4.69, 9.17) is 4.74 Å². The average Bonchev–Trinajstić information content (AvgIpc) is 2.98. The molecular weight excluding hydrogens is 256 g/mol. The molecule has 0 aromatic heterocycles. The zero-order chi connectivity index (χ0) is 14.2. The van der Waals surface area contributed by atoms with Crippen LogP contribution in [-0.2, 0) is 11.3 Å². The Morgan fingerprint density at radius 2 is 2.00 bits per heavy atom. The molecule has 5 heteroatoms. The van der Waals surface area contributed by atoms with Crippen molar-refractivity contribution >= 4 is 6.09 Å². The van der Waals surface area contributed by atoms with Gasteiger partial charge in [-0.05, 0) is 31.5 Å². The molecule has 1 fully saturated rings. The van der Waals surface area contributed by atoms with Crippen LogP contribution in [0.2, 0.25) is 0 Å². The third kappa shape index (κ3) is 4.83. The molecule has 1 aliphatic heterocycles. The predicted molar refractivity (Wildman–Crippen MR) is 76.3 cm³/mol. The van der Waals surface area contributed by atoms with E-state index in [9.17, 15) is 9.90 Å². The predicted octanol–water partition coefficient (Wildman–Crippen LogP) is 1.37. The van der Waals surface area contributed by atoms with Crippen LogP contribution >= 0.6 is 0 Å². The van der Waals surface area contributed by atoms with Gasteiger partial charge in [0.05, 0.1) is 12.6 Å². The summed E-state index contributed by atoms with van der Waals surface area (Å²) in [4.78, 5) is 13.9. The maximum atomic E-state index is 11.7.